The first-order valence-corrected chi connectivity index (χ1v) is 10.6. The number of piperidine rings is 1. The van der Waals surface area contributed by atoms with E-state index in [9.17, 15) is 4.79 Å². The van der Waals surface area contributed by atoms with Crippen LogP contribution >= 0.6 is 0 Å². The van der Waals surface area contributed by atoms with Gasteiger partial charge in [0, 0.05) is 18.8 Å². The minimum absolute atomic E-state index is 0.152. The highest BCUT2D eigenvalue weighted by Crippen LogP contribution is 2.19. The maximum absolute atomic E-state index is 12.9. The van der Waals surface area contributed by atoms with Gasteiger partial charge in [0.2, 0.25) is 17.7 Å². The molecule has 0 radical (unpaired) electrons. The third-order valence-electron chi connectivity index (χ3n) is 5.47. The highest BCUT2D eigenvalue weighted by molar-refractivity contribution is 5.81. The Balaban J connectivity index is 1.48. The van der Waals surface area contributed by atoms with Gasteiger partial charge in [-0.3, -0.25) is 4.79 Å². The van der Waals surface area contributed by atoms with E-state index in [1.165, 1.54) is 12.0 Å². The molecule has 3 aromatic rings. The van der Waals surface area contributed by atoms with Crippen molar-refractivity contribution in [1.29, 1.82) is 0 Å². The van der Waals surface area contributed by atoms with Gasteiger partial charge >= 0.3 is 0 Å². The molecule has 0 atom stereocenters. The molecule has 0 unspecified atom stereocenters. The predicted molar refractivity (Wildman–Crippen MR) is 116 cm³/mol. The van der Waals surface area contributed by atoms with Crippen molar-refractivity contribution in [2.75, 3.05) is 24.5 Å². The van der Waals surface area contributed by atoms with Crippen LogP contribution < -0.4 is 4.90 Å². The second-order valence-electron chi connectivity index (χ2n) is 7.88. The maximum atomic E-state index is 12.9. The number of aromatic nitrogens is 2. The molecule has 0 bridgehead atoms. The topological polar surface area (TPSA) is 62.5 Å². The fourth-order valence-corrected chi connectivity index (χ4v) is 3.76. The van der Waals surface area contributed by atoms with Gasteiger partial charge in [0.05, 0.1) is 19.5 Å². The average Bonchev–Trinajstić information content (AvgIpc) is 3.22. The van der Waals surface area contributed by atoms with E-state index in [2.05, 4.69) is 29.3 Å². The van der Waals surface area contributed by atoms with Gasteiger partial charge in [-0.05, 0) is 43.9 Å². The van der Waals surface area contributed by atoms with Crippen molar-refractivity contribution < 1.29 is 9.21 Å². The first-order valence-electron chi connectivity index (χ1n) is 10.6. The standard InChI is InChI=1S/C24H28N4O2/c1-19-10-12-21(13-11-19)28(18-24(29)27-14-6-3-7-15-27)17-23-26-25-22(30-23)16-20-8-4-2-5-9-20/h2,4-5,8-13H,3,6-7,14-18H2,1H3. The van der Waals surface area contributed by atoms with E-state index in [0.29, 0.717) is 31.3 Å². The predicted octanol–water partition coefficient (Wildman–Crippen LogP) is 3.99. The van der Waals surface area contributed by atoms with Crippen LogP contribution in [0.25, 0.3) is 0 Å². The van der Waals surface area contributed by atoms with Crippen LogP contribution in [0.2, 0.25) is 0 Å². The van der Waals surface area contributed by atoms with Crippen LogP contribution in [0.3, 0.4) is 0 Å². The lowest BCUT2D eigenvalue weighted by atomic mass is 10.1. The summed E-state index contributed by atoms with van der Waals surface area (Å²) in [7, 11) is 0. The first kappa shape index (κ1) is 20.1. The summed E-state index contributed by atoms with van der Waals surface area (Å²) in [6.07, 6.45) is 3.98. The van der Waals surface area contributed by atoms with E-state index < -0.39 is 0 Å². The second kappa shape index (κ2) is 9.57. The monoisotopic (exact) mass is 404 g/mol. The quantitative estimate of drug-likeness (QED) is 0.596. The number of nitrogens with zero attached hydrogens (tertiary/aromatic N) is 4. The number of likely N-dealkylation sites (tertiary alicyclic amines) is 1. The minimum Gasteiger partial charge on any atom is -0.423 e. The molecule has 1 aliphatic rings. The molecule has 1 aromatic heterocycles. The minimum atomic E-state index is 0.152. The number of amides is 1. The molecule has 0 spiro atoms. The summed E-state index contributed by atoms with van der Waals surface area (Å²) in [5.41, 5.74) is 3.29. The highest BCUT2D eigenvalue weighted by atomic mass is 16.4. The van der Waals surface area contributed by atoms with Crippen molar-refractivity contribution >= 4 is 11.6 Å². The highest BCUT2D eigenvalue weighted by Gasteiger charge is 2.21. The number of anilines is 1. The Labute approximate surface area is 177 Å². The molecule has 1 saturated heterocycles. The number of carbonyl (C=O) groups excluding carboxylic acids is 1. The Kier molecular flexibility index (Phi) is 6.42. The summed E-state index contributed by atoms with van der Waals surface area (Å²) in [5.74, 6) is 1.26. The van der Waals surface area contributed by atoms with Crippen molar-refractivity contribution in [2.24, 2.45) is 0 Å². The number of rotatable bonds is 7. The van der Waals surface area contributed by atoms with E-state index in [0.717, 1.165) is 37.2 Å². The average molecular weight is 405 g/mol. The number of benzene rings is 2. The molecule has 2 heterocycles. The van der Waals surface area contributed by atoms with E-state index >= 15 is 0 Å². The molecule has 4 rings (SSSR count). The third-order valence-corrected chi connectivity index (χ3v) is 5.47. The SMILES string of the molecule is Cc1ccc(N(CC(=O)N2CCCCC2)Cc2nnc(Cc3ccccc3)o2)cc1. The zero-order valence-electron chi connectivity index (χ0n) is 17.5. The molecular formula is C24H28N4O2. The van der Waals surface area contributed by atoms with Gasteiger partial charge in [-0.25, -0.2) is 0 Å². The van der Waals surface area contributed by atoms with Crippen LogP contribution in [-0.4, -0.2) is 40.6 Å². The van der Waals surface area contributed by atoms with Gasteiger partial charge in [-0.1, -0.05) is 48.0 Å². The molecule has 6 nitrogen and oxygen atoms in total. The summed E-state index contributed by atoms with van der Waals surface area (Å²) in [6.45, 7) is 4.47. The van der Waals surface area contributed by atoms with E-state index in [-0.39, 0.29) is 5.91 Å². The first-order chi connectivity index (χ1) is 14.7. The summed E-state index contributed by atoms with van der Waals surface area (Å²) < 4.78 is 5.90. The molecule has 2 aromatic carbocycles. The summed E-state index contributed by atoms with van der Waals surface area (Å²) in [6, 6.07) is 18.3. The number of hydrogen-bond donors (Lipinski definition) is 0. The van der Waals surface area contributed by atoms with Crippen LogP contribution in [0.5, 0.6) is 0 Å². The molecule has 1 fully saturated rings. The van der Waals surface area contributed by atoms with Crippen molar-refractivity contribution in [3.63, 3.8) is 0 Å². The van der Waals surface area contributed by atoms with Crippen LogP contribution in [0.15, 0.2) is 59.0 Å². The Morgan fingerprint density at radius 3 is 2.40 bits per heavy atom. The van der Waals surface area contributed by atoms with Gasteiger partial charge in [0.15, 0.2) is 0 Å². The Hall–Kier alpha value is -3.15. The lowest BCUT2D eigenvalue weighted by molar-refractivity contribution is -0.130. The summed E-state index contributed by atoms with van der Waals surface area (Å²) >= 11 is 0. The van der Waals surface area contributed by atoms with Crippen molar-refractivity contribution in [1.82, 2.24) is 15.1 Å². The summed E-state index contributed by atoms with van der Waals surface area (Å²) in [4.78, 5) is 16.9. The lowest BCUT2D eigenvalue weighted by Crippen LogP contribution is -2.42. The van der Waals surface area contributed by atoms with Gasteiger partial charge in [-0.15, -0.1) is 10.2 Å². The number of aryl methyl sites for hydroxylation is 1. The molecule has 0 saturated carbocycles. The number of hydrogen-bond acceptors (Lipinski definition) is 5. The molecular weight excluding hydrogens is 376 g/mol. The van der Waals surface area contributed by atoms with Crippen LogP contribution in [0, 0.1) is 6.92 Å². The molecule has 1 aliphatic heterocycles. The van der Waals surface area contributed by atoms with E-state index in [1.54, 1.807) is 0 Å². The Morgan fingerprint density at radius 1 is 0.967 bits per heavy atom. The second-order valence-corrected chi connectivity index (χ2v) is 7.88. The molecule has 1 amide bonds. The fourth-order valence-electron chi connectivity index (χ4n) is 3.76. The van der Waals surface area contributed by atoms with Gasteiger partial charge < -0.3 is 14.2 Å². The lowest BCUT2D eigenvalue weighted by Gasteiger charge is -2.30. The Bertz CT molecular complexity index is 947. The smallest absolute Gasteiger partial charge is 0.242 e. The molecule has 156 valence electrons. The van der Waals surface area contributed by atoms with Crippen LogP contribution in [0.1, 0.15) is 42.2 Å². The molecule has 30 heavy (non-hydrogen) atoms. The van der Waals surface area contributed by atoms with E-state index in [4.69, 9.17) is 4.42 Å². The van der Waals surface area contributed by atoms with Crippen molar-refractivity contribution in [3.05, 3.63) is 77.5 Å². The Morgan fingerprint density at radius 2 is 1.67 bits per heavy atom. The fraction of sp³-hybridized carbons (Fsp3) is 0.375. The molecule has 0 aliphatic carbocycles. The largest absolute Gasteiger partial charge is 0.423 e. The molecule has 6 heteroatoms. The van der Waals surface area contributed by atoms with Gasteiger partial charge in [-0.2, -0.15) is 0 Å². The normalized spacial score (nSPS) is 14.0. The van der Waals surface area contributed by atoms with Gasteiger partial charge in [0.1, 0.15) is 0 Å². The van der Waals surface area contributed by atoms with Crippen LogP contribution in [-0.2, 0) is 17.8 Å². The number of carbonyl (C=O) groups is 1. The molecule has 0 N–H and O–H groups in total. The van der Waals surface area contributed by atoms with E-state index in [1.807, 2.05) is 52.3 Å². The van der Waals surface area contributed by atoms with Gasteiger partial charge in [0.25, 0.3) is 0 Å². The maximum Gasteiger partial charge on any atom is 0.242 e. The zero-order chi connectivity index (χ0) is 20.8. The van der Waals surface area contributed by atoms with Crippen molar-refractivity contribution in [2.45, 2.75) is 39.2 Å². The third kappa shape index (κ3) is 5.26. The van der Waals surface area contributed by atoms with Crippen molar-refractivity contribution in [3.8, 4) is 0 Å². The van der Waals surface area contributed by atoms with Crippen LogP contribution in [0.4, 0.5) is 5.69 Å². The summed E-state index contributed by atoms with van der Waals surface area (Å²) in [5, 5.41) is 8.43. The zero-order valence-corrected chi connectivity index (χ0v) is 17.5.